The minimum atomic E-state index is 0.563. The van der Waals surface area contributed by atoms with E-state index >= 15 is 0 Å². The van der Waals surface area contributed by atoms with E-state index in [1.807, 2.05) is 54.8 Å². The highest BCUT2D eigenvalue weighted by molar-refractivity contribution is 6.31. The van der Waals surface area contributed by atoms with Gasteiger partial charge in [-0.15, -0.1) is 0 Å². The number of aliphatic imine (C=N–C) groups is 2. The van der Waals surface area contributed by atoms with Gasteiger partial charge in [-0.3, -0.25) is 9.79 Å². The Balaban J connectivity index is 1.50. The summed E-state index contributed by atoms with van der Waals surface area (Å²) >= 11 is 0. The zero-order valence-electron chi connectivity index (χ0n) is 12.4. The van der Waals surface area contributed by atoms with Gasteiger partial charge < -0.3 is 4.74 Å². The molecule has 0 saturated carbocycles. The summed E-state index contributed by atoms with van der Waals surface area (Å²) in [6.07, 6.45) is 5.24. The number of fused-ring (bicyclic) bond motifs is 1. The maximum Gasteiger partial charge on any atom is 0.164 e. The fraction of sp³-hybridized carbons (Fsp3) is 0.105. The molecule has 0 spiro atoms. The van der Waals surface area contributed by atoms with Crippen LogP contribution in [0.1, 0.15) is 11.1 Å². The molecule has 0 N–H and O–H groups in total. The van der Waals surface area contributed by atoms with E-state index in [0.29, 0.717) is 12.1 Å². The molecule has 2 aromatic carbocycles. The molecular weight excluding hydrogens is 288 g/mol. The van der Waals surface area contributed by atoms with E-state index in [-0.39, 0.29) is 0 Å². The van der Waals surface area contributed by atoms with Crippen molar-refractivity contribution in [1.29, 1.82) is 0 Å². The molecule has 2 aromatic rings. The summed E-state index contributed by atoms with van der Waals surface area (Å²) in [6, 6.07) is 13.7. The summed E-state index contributed by atoms with van der Waals surface area (Å²) in [7, 11) is 0. The highest BCUT2D eigenvalue weighted by Gasteiger charge is 2.14. The van der Waals surface area contributed by atoms with Crippen LogP contribution in [0.3, 0.4) is 0 Å². The van der Waals surface area contributed by atoms with E-state index in [9.17, 15) is 4.79 Å². The SMILES string of the molecule is O=CC1=Nc2ccc(Oc3ccc(C4=CC=NC4)cc3)cc2C1. The van der Waals surface area contributed by atoms with Gasteiger partial charge in [-0.1, -0.05) is 12.1 Å². The Labute approximate surface area is 133 Å². The number of carbonyl (C=O) groups excluding carboxylic acids is 1. The molecule has 4 nitrogen and oxygen atoms in total. The number of benzene rings is 2. The summed E-state index contributed by atoms with van der Waals surface area (Å²) in [5.74, 6) is 1.53. The van der Waals surface area contributed by atoms with Gasteiger partial charge in [-0.25, -0.2) is 4.99 Å². The fourth-order valence-electron chi connectivity index (χ4n) is 2.74. The van der Waals surface area contributed by atoms with Crippen molar-refractivity contribution in [3.05, 3.63) is 59.7 Å². The van der Waals surface area contributed by atoms with E-state index in [1.54, 1.807) is 0 Å². The molecule has 0 aliphatic carbocycles. The van der Waals surface area contributed by atoms with Gasteiger partial charge in [0.05, 0.1) is 17.9 Å². The van der Waals surface area contributed by atoms with Crippen LogP contribution in [-0.2, 0) is 11.2 Å². The molecule has 112 valence electrons. The molecule has 0 saturated heterocycles. The average Bonchev–Trinajstić information content (AvgIpc) is 3.24. The van der Waals surface area contributed by atoms with Crippen molar-refractivity contribution in [2.24, 2.45) is 9.98 Å². The number of ether oxygens (including phenoxy) is 1. The second-order valence-corrected chi connectivity index (χ2v) is 5.50. The number of nitrogens with zero attached hydrogens (tertiary/aromatic N) is 2. The van der Waals surface area contributed by atoms with Gasteiger partial charge in [0.2, 0.25) is 0 Å². The molecule has 0 aromatic heterocycles. The molecule has 4 heteroatoms. The lowest BCUT2D eigenvalue weighted by molar-refractivity contribution is -0.102. The first-order valence-electron chi connectivity index (χ1n) is 7.45. The number of hydrogen-bond donors (Lipinski definition) is 0. The minimum absolute atomic E-state index is 0.563. The maximum absolute atomic E-state index is 10.8. The van der Waals surface area contributed by atoms with Crippen molar-refractivity contribution in [3.8, 4) is 11.5 Å². The quantitative estimate of drug-likeness (QED) is 0.807. The lowest BCUT2D eigenvalue weighted by Crippen LogP contribution is -1.97. The maximum atomic E-state index is 10.8. The number of carbonyl (C=O) groups is 1. The van der Waals surface area contributed by atoms with Crippen LogP contribution in [0, 0.1) is 0 Å². The van der Waals surface area contributed by atoms with Crippen LogP contribution < -0.4 is 4.74 Å². The van der Waals surface area contributed by atoms with Crippen molar-refractivity contribution in [2.45, 2.75) is 6.42 Å². The molecule has 2 heterocycles. The number of hydrogen-bond acceptors (Lipinski definition) is 4. The van der Waals surface area contributed by atoms with Crippen molar-refractivity contribution >= 4 is 29.5 Å². The molecule has 2 aliphatic rings. The van der Waals surface area contributed by atoms with Crippen molar-refractivity contribution in [3.63, 3.8) is 0 Å². The van der Waals surface area contributed by atoms with Gasteiger partial charge in [0.1, 0.15) is 11.5 Å². The van der Waals surface area contributed by atoms with Crippen molar-refractivity contribution in [1.82, 2.24) is 0 Å². The standard InChI is InChI=1S/C19H14N2O2/c22-12-16-9-15-10-18(5-6-19(15)21-16)23-17-3-1-13(2-4-17)14-7-8-20-11-14/h1-8,10,12H,9,11H2. The normalized spacial score (nSPS) is 15.1. The van der Waals surface area contributed by atoms with Gasteiger partial charge >= 0.3 is 0 Å². The van der Waals surface area contributed by atoms with E-state index < -0.39 is 0 Å². The third-order valence-corrected chi connectivity index (χ3v) is 3.93. The van der Waals surface area contributed by atoms with Gasteiger partial charge in [0, 0.05) is 12.6 Å². The average molecular weight is 302 g/mol. The van der Waals surface area contributed by atoms with Crippen LogP contribution in [-0.4, -0.2) is 24.8 Å². The second-order valence-electron chi connectivity index (χ2n) is 5.50. The van der Waals surface area contributed by atoms with Gasteiger partial charge in [0.15, 0.2) is 6.29 Å². The predicted octanol–water partition coefficient (Wildman–Crippen LogP) is 3.77. The molecule has 0 unspecified atom stereocenters. The minimum Gasteiger partial charge on any atom is -0.457 e. The zero-order chi connectivity index (χ0) is 15.6. The molecule has 0 fully saturated rings. The molecular formula is C19H14N2O2. The summed E-state index contributed by atoms with van der Waals surface area (Å²) in [6.45, 7) is 0.740. The topological polar surface area (TPSA) is 51.0 Å². The summed E-state index contributed by atoms with van der Waals surface area (Å²) in [5, 5.41) is 0. The lowest BCUT2D eigenvalue weighted by atomic mass is 10.1. The van der Waals surface area contributed by atoms with Crippen molar-refractivity contribution in [2.75, 3.05) is 6.54 Å². The Morgan fingerprint density at radius 1 is 1.04 bits per heavy atom. The molecule has 23 heavy (non-hydrogen) atoms. The Hall–Kier alpha value is -3.01. The Morgan fingerprint density at radius 2 is 1.87 bits per heavy atom. The third kappa shape index (κ3) is 2.71. The van der Waals surface area contributed by atoms with Gasteiger partial charge in [0.25, 0.3) is 0 Å². The third-order valence-electron chi connectivity index (χ3n) is 3.93. The van der Waals surface area contributed by atoms with E-state index in [2.05, 4.69) is 9.98 Å². The van der Waals surface area contributed by atoms with Crippen molar-refractivity contribution < 1.29 is 9.53 Å². The van der Waals surface area contributed by atoms with Crippen LogP contribution in [0.15, 0.2) is 58.5 Å². The highest BCUT2D eigenvalue weighted by Crippen LogP contribution is 2.32. The van der Waals surface area contributed by atoms with E-state index in [4.69, 9.17) is 4.74 Å². The van der Waals surface area contributed by atoms with Crippen LogP contribution in [0.25, 0.3) is 5.57 Å². The summed E-state index contributed by atoms with van der Waals surface area (Å²) in [5.41, 5.74) is 4.81. The van der Waals surface area contributed by atoms with Crippen LogP contribution in [0.4, 0.5) is 5.69 Å². The Kier molecular flexibility index (Phi) is 3.35. The molecule has 0 radical (unpaired) electrons. The number of aldehydes is 1. The first-order chi connectivity index (χ1) is 11.3. The lowest BCUT2D eigenvalue weighted by Gasteiger charge is -2.08. The first-order valence-corrected chi connectivity index (χ1v) is 7.45. The monoisotopic (exact) mass is 302 g/mol. The molecule has 2 aliphatic heterocycles. The zero-order valence-corrected chi connectivity index (χ0v) is 12.4. The second kappa shape index (κ2) is 5.65. The largest absolute Gasteiger partial charge is 0.457 e. The highest BCUT2D eigenvalue weighted by atomic mass is 16.5. The Morgan fingerprint density at radius 3 is 2.61 bits per heavy atom. The van der Waals surface area contributed by atoms with Crippen LogP contribution >= 0.6 is 0 Å². The predicted molar refractivity (Wildman–Crippen MR) is 91.2 cm³/mol. The molecule has 4 rings (SSSR count). The Bertz CT molecular complexity index is 861. The number of rotatable bonds is 4. The summed E-state index contributed by atoms with van der Waals surface area (Å²) in [4.78, 5) is 19.3. The molecule has 0 bridgehead atoms. The number of allylic oxidation sites excluding steroid dienone is 1. The molecule has 0 amide bonds. The van der Waals surface area contributed by atoms with E-state index in [1.165, 1.54) is 5.57 Å². The van der Waals surface area contributed by atoms with E-state index in [0.717, 1.165) is 41.1 Å². The molecule has 0 atom stereocenters. The van der Waals surface area contributed by atoms with Crippen LogP contribution in [0.5, 0.6) is 11.5 Å². The fourth-order valence-corrected chi connectivity index (χ4v) is 2.74. The van der Waals surface area contributed by atoms with Gasteiger partial charge in [-0.2, -0.15) is 0 Å². The van der Waals surface area contributed by atoms with Crippen LogP contribution in [0.2, 0.25) is 0 Å². The summed E-state index contributed by atoms with van der Waals surface area (Å²) < 4.78 is 5.90. The first kappa shape index (κ1) is 13.6. The smallest absolute Gasteiger partial charge is 0.164 e. The van der Waals surface area contributed by atoms with Gasteiger partial charge in [-0.05, 0) is 53.1 Å².